The Morgan fingerprint density at radius 2 is 1.94 bits per heavy atom. The van der Waals surface area contributed by atoms with Crippen LogP contribution in [0, 0.1) is 11.8 Å². The number of carbonyl (C=O) groups excluding carboxylic acids is 3. The summed E-state index contributed by atoms with van der Waals surface area (Å²) >= 11 is 5.36. The normalized spacial score (nSPS) is 33.7. The van der Waals surface area contributed by atoms with E-state index in [-0.39, 0.29) is 34.4 Å². The zero-order chi connectivity index (χ0) is 24.1. The van der Waals surface area contributed by atoms with Crippen LogP contribution in [-0.2, 0) is 14.4 Å². The predicted octanol–water partition coefficient (Wildman–Crippen LogP) is 2.78. The van der Waals surface area contributed by atoms with Crippen molar-refractivity contribution in [2.75, 3.05) is 11.9 Å². The number of aliphatic hydroxyl groups excluding tert-OH is 1. The molecular weight excluding hydrogens is 506 g/mol. The third-order valence-electron chi connectivity index (χ3n) is 6.89. The van der Waals surface area contributed by atoms with E-state index in [0.717, 1.165) is 0 Å². The fourth-order valence-corrected chi connectivity index (χ4v) is 9.26. The van der Waals surface area contributed by atoms with E-state index < -0.39 is 34.2 Å². The van der Waals surface area contributed by atoms with Crippen LogP contribution in [0.1, 0.15) is 40.5 Å². The summed E-state index contributed by atoms with van der Waals surface area (Å²) in [6.07, 6.45) is 1.14. The summed E-state index contributed by atoms with van der Waals surface area (Å²) in [5.74, 6) is -1.79. The van der Waals surface area contributed by atoms with Crippen LogP contribution in [0.5, 0.6) is 0 Å². The number of hydrogen-bond acceptors (Lipinski definition) is 5. The fourth-order valence-electron chi connectivity index (χ4n) is 5.66. The molecule has 3 N–H and O–H groups in total. The topological polar surface area (TPSA) is 98.7 Å². The number of thioether (sulfide) groups is 1. The molecule has 9 heteroatoms. The van der Waals surface area contributed by atoms with Crippen molar-refractivity contribution in [2.45, 2.75) is 73.0 Å². The number of fused-ring (bicyclic) bond motifs is 1. The highest BCUT2D eigenvalue weighted by atomic mass is 79.9. The van der Waals surface area contributed by atoms with Crippen molar-refractivity contribution in [3.63, 3.8) is 0 Å². The number of rotatable bonds is 6. The molecule has 3 saturated heterocycles. The Morgan fingerprint density at radius 1 is 1.27 bits per heavy atom. The molecule has 3 unspecified atom stereocenters. The highest BCUT2D eigenvalue weighted by molar-refractivity contribution is 9.09. The van der Waals surface area contributed by atoms with Crippen LogP contribution in [-0.4, -0.2) is 66.8 Å². The molecule has 0 saturated carbocycles. The van der Waals surface area contributed by atoms with Crippen molar-refractivity contribution >= 4 is 51.1 Å². The van der Waals surface area contributed by atoms with E-state index in [1.54, 1.807) is 16.7 Å². The molecule has 3 amide bonds. The van der Waals surface area contributed by atoms with Crippen LogP contribution in [0.4, 0.5) is 5.69 Å². The van der Waals surface area contributed by atoms with Gasteiger partial charge in [-0.15, -0.1) is 11.8 Å². The second-order valence-electron chi connectivity index (χ2n) is 10.2. The predicted molar refractivity (Wildman–Crippen MR) is 133 cm³/mol. The van der Waals surface area contributed by atoms with E-state index in [1.165, 1.54) is 0 Å². The Hall–Kier alpha value is -1.58. The second-order valence-corrected chi connectivity index (χ2v) is 13.0. The van der Waals surface area contributed by atoms with Crippen molar-refractivity contribution < 1.29 is 19.5 Å². The lowest BCUT2D eigenvalue weighted by Gasteiger charge is -2.38. The van der Waals surface area contributed by atoms with Crippen molar-refractivity contribution in [3.05, 3.63) is 30.3 Å². The Labute approximate surface area is 207 Å². The van der Waals surface area contributed by atoms with Gasteiger partial charge in [0.2, 0.25) is 17.7 Å². The van der Waals surface area contributed by atoms with E-state index in [4.69, 9.17) is 0 Å². The average molecular weight is 539 g/mol. The molecule has 3 fully saturated rings. The molecule has 0 aromatic heterocycles. The Bertz CT molecular complexity index is 935. The number of benzene rings is 1. The van der Waals surface area contributed by atoms with Crippen molar-refractivity contribution in [3.8, 4) is 0 Å². The van der Waals surface area contributed by atoms with Gasteiger partial charge in [0.25, 0.3) is 0 Å². The third kappa shape index (κ3) is 4.10. The van der Waals surface area contributed by atoms with E-state index in [1.807, 2.05) is 58.0 Å². The van der Waals surface area contributed by atoms with Gasteiger partial charge in [-0.25, -0.2) is 0 Å². The van der Waals surface area contributed by atoms with E-state index in [2.05, 4.69) is 26.6 Å². The van der Waals surface area contributed by atoms with Crippen LogP contribution in [0.25, 0.3) is 0 Å². The molecule has 3 aliphatic rings. The lowest BCUT2D eigenvalue weighted by Crippen LogP contribution is -2.59. The summed E-state index contributed by atoms with van der Waals surface area (Å²) in [6, 6.07) is 8.01. The molecule has 2 bridgehead atoms. The highest BCUT2D eigenvalue weighted by Crippen LogP contribution is 2.68. The van der Waals surface area contributed by atoms with Gasteiger partial charge < -0.3 is 20.6 Å². The minimum atomic E-state index is -0.740. The van der Waals surface area contributed by atoms with E-state index >= 15 is 0 Å². The molecule has 33 heavy (non-hydrogen) atoms. The van der Waals surface area contributed by atoms with Gasteiger partial charge in [0, 0.05) is 21.3 Å². The minimum Gasteiger partial charge on any atom is -0.394 e. The molecule has 0 aliphatic carbocycles. The second kappa shape index (κ2) is 8.89. The van der Waals surface area contributed by atoms with Gasteiger partial charge in [-0.2, -0.15) is 0 Å². The standard InChI is InChI=1S/C24H32BrN3O4S/c1-5-14(12-29)28-19(21(31)27-23(2,3)4)24-11-15(25)18(33-24)16(17(24)22(28)32)20(30)26-13-9-7-6-8-10-13/h6-10,14-19,29H,5,11-12H2,1-4H3,(H,26,30)(H,27,31)/t14-,15?,16+,17-,18+,19?,24?/m0/s1. The molecule has 3 aliphatic heterocycles. The van der Waals surface area contributed by atoms with Crippen LogP contribution in [0.2, 0.25) is 0 Å². The number of nitrogens with zero attached hydrogens (tertiary/aromatic N) is 1. The van der Waals surface area contributed by atoms with Crippen LogP contribution >= 0.6 is 27.7 Å². The molecule has 3 heterocycles. The Morgan fingerprint density at radius 3 is 2.52 bits per heavy atom. The number of para-hydroxylation sites is 1. The first-order valence-electron chi connectivity index (χ1n) is 11.5. The Kier molecular flexibility index (Phi) is 6.61. The lowest BCUT2D eigenvalue weighted by molar-refractivity contribution is -0.142. The van der Waals surface area contributed by atoms with Gasteiger partial charge in [0.1, 0.15) is 6.04 Å². The van der Waals surface area contributed by atoms with Crippen molar-refractivity contribution in [1.82, 2.24) is 10.2 Å². The molecule has 1 aromatic carbocycles. The minimum absolute atomic E-state index is 0.0113. The maximum Gasteiger partial charge on any atom is 0.244 e. The van der Waals surface area contributed by atoms with Crippen LogP contribution in [0.3, 0.4) is 0 Å². The summed E-state index contributed by atoms with van der Waals surface area (Å²) in [4.78, 5) is 42.6. The quantitative estimate of drug-likeness (QED) is 0.484. The smallest absolute Gasteiger partial charge is 0.244 e. The number of hydrogen-bond donors (Lipinski definition) is 3. The number of aliphatic hydroxyl groups is 1. The van der Waals surface area contributed by atoms with E-state index in [0.29, 0.717) is 18.5 Å². The first-order valence-corrected chi connectivity index (χ1v) is 13.3. The molecular formula is C24H32BrN3O4S. The molecule has 1 aromatic rings. The number of likely N-dealkylation sites (tertiary alicyclic amines) is 1. The first kappa shape index (κ1) is 24.5. The number of halogens is 1. The molecule has 7 atom stereocenters. The first-order chi connectivity index (χ1) is 15.5. The largest absolute Gasteiger partial charge is 0.394 e. The number of amides is 3. The number of carbonyl (C=O) groups is 3. The van der Waals surface area contributed by atoms with Gasteiger partial charge in [0.05, 0.1) is 29.2 Å². The number of anilines is 1. The molecule has 180 valence electrons. The van der Waals surface area contributed by atoms with Gasteiger partial charge >= 0.3 is 0 Å². The van der Waals surface area contributed by atoms with Gasteiger partial charge in [-0.3, -0.25) is 14.4 Å². The summed E-state index contributed by atoms with van der Waals surface area (Å²) < 4.78 is -0.716. The van der Waals surface area contributed by atoms with Gasteiger partial charge in [0.15, 0.2) is 0 Å². The average Bonchev–Trinajstić information content (AvgIpc) is 3.32. The highest BCUT2D eigenvalue weighted by Gasteiger charge is 2.76. The summed E-state index contributed by atoms with van der Waals surface area (Å²) in [7, 11) is 0. The van der Waals surface area contributed by atoms with E-state index in [9.17, 15) is 19.5 Å². The van der Waals surface area contributed by atoms with Crippen molar-refractivity contribution in [2.24, 2.45) is 11.8 Å². The van der Waals surface area contributed by atoms with Gasteiger partial charge in [-0.1, -0.05) is 41.1 Å². The van der Waals surface area contributed by atoms with Gasteiger partial charge in [-0.05, 0) is 45.7 Å². The Balaban J connectivity index is 1.74. The zero-order valence-corrected chi connectivity index (χ0v) is 21.8. The summed E-state index contributed by atoms with van der Waals surface area (Å²) in [5.41, 5.74) is 0.210. The maximum absolute atomic E-state index is 13.9. The number of nitrogens with one attached hydrogen (secondary N) is 2. The molecule has 0 radical (unpaired) electrons. The third-order valence-corrected chi connectivity index (χ3v) is 10.1. The van der Waals surface area contributed by atoms with Crippen LogP contribution < -0.4 is 10.6 Å². The maximum atomic E-state index is 13.9. The van der Waals surface area contributed by atoms with Crippen molar-refractivity contribution in [1.29, 1.82) is 0 Å². The summed E-state index contributed by atoms with van der Waals surface area (Å²) in [6.45, 7) is 7.40. The molecule has 7 nitrogen and oxygen atoms in total. The zero-order valence-electron chi connectivity index (χ0n) is 19.4. The summed E-state index contributed by atoms with van der Waals surface area (Å²) in [5, 5.41) is 16.0. The fraction of sp³-hybridized carbons (Fsp3) is 0.625. The molecule has 1 spiro atoms. The number of alkyl halides is 1. The lowest BCUT2D eigenvalue weighted by atomic mass is 9.70. The van der Waals surface area contributed by atoms with Crippen LogP contribution in [0.15, 0.2) is 30.3 Å². The molecule has 4 rings (SSSR count). The SMILES string of the molecule is CC[C@@H](CO)N1C(=O)[C@@H]2[C@@H](C(=O)Nc3ccccc3)[C@@H]3SC2(CC3Br)C1C(=O)NC(C)(C)C. The monoisotopic (exact) mass is 537 g/mol.